The summed E-state index contributed by atoms with van der Waals surface area (Å²) in [6, 6.07) is 14.3. The number of nitrogens with zero attached hydrogens (tertiary/aromatic N) is 2. The number of rotatable bonds is 6. The largest absolute Gasteiger partial charge is 0.340 e. The van der Waals surface area contributed by atoms with Crippen LogP contribution in [0.5, 0.6) is 0 Å². The molecule has 1 aromatic heterocycles. The Hall–Kier alpha value is -2.58. The Labute approximate surface area is 181 Å². The average molecular weight is 473 g/mol. The summed E-state index contributed by atoms with van der Waals surface area (Å²) in [6.45, 7) is 5.77. The van der Waals surface area contributed by atoms with Crippen LogP contribution in [0.25, 0.3) is 10.6 Å². The number of carbonyl (C=O) groups excluding carboxylic acids is 2. The Kier molecular flexibility index (Phi) is 6.76. The molecule has 0 spiro atoms. The van der Waals surface area contributed by atoms with Crippen LogP contribution in [0.1, 0.15) is 29.8 Å². The summed E-state index contributed by atoms with van der Waals surface area (Å²) in [7, 11) is 0. The van der Waals surface area contributed by atoms with Gasteiger partial charge in [-0.05, 0) is 31.0 Å². The highest BCUT2D eigenvalue weighted by molar-refractivity contribution is 9.10. The fraction of sp³-hybridized carbons (Fsp3) is 0.238. The lowest BCUT2D eigenvalue weighted by molar-refractivity contribution is -0.118. The van der Waals surface area contributed by atoms with Crippen molar-refractivity contribution in [3.8, 4) is 10.6 Å². The summed E-state index contributed by atoms with van der Waals surface area (Å²) >= 11 is 4.64. The van der Waals surface area contributed by atoms with Crippen molar-refractivity contribution in [2.45, 2.75) is 26.8 Å². The van der Waals surface area contributed by atoms with Gasteiger partial charge in [-0.25, -0.2) is 0 Å². The predicted octanol–water partition coefficient (Wildman–Crippen LogP) is 4.67. The number of hydrogen-bond donors (Lipinski definition) is 2. The molecule has 29 heavy (non-hydrogen) atoms. The summed E-state index contributed by atoms with van der Waals surface area (Å²) in [5.41, 5.74) is 2.58. The first kappa shape index (κ1) is 21.1. The van der Waals surface area contributed by atoms with Crippen LogP contribution in [0.3, 0.4) is 0 Å². The van der Waals surface area contributed by atoms with Gasteiger partial charge in [-0.3, -0.25) is 14.9 Å². The topological polar surface area (TPSA) is 84.0 Å². The van der Waals surface area contributed by atoms with Crippen molar-refractivity contribution in [1.29, 1.82) is 0 Å². The van der Waals surface area contributed by atoms with Crippen molar-refractivity contribution < 1.29 is 9.59 Å². The first-order valence-corrected chi connectivity index (χ1v) is 10.7. The molecule has 0 aliphatic heterocycles. The van der Waals surface area contributed by atoms with Gasteiger partial charge >= 0.3 is 0 Å². The molecule has 0 bridgehead atoms. The van der Waals surface area contributed by atoms with Gasteiger partial charge in [0.1, 0.15) is 11.0 Å². The summed E-state index contributed by atoms with van der Waals surface area (Å²) in [6.07, 6.45) is 0. The third-order valence-electron chi connectivity index (χ3n) is 4.28. The predicted molar refractivity (Wildman–Crippen MR) is 119 cm³/mol. The fourth-order valence-corrected chi connectivity index (χ4v) is 3.81. The SMILES string of the molecule is Cc1ccc(-c2nnc(NC(=O)C(NC(=O)c3cccc(Br)c3)C(C)C)s2)cc1. The Balaban J connectivity index is 1.70. The van der Waals surface area contributed by atoms with E-state index in [2.05, 4.69) is 36.8 Å². The number of amides is 2. The third-order valence-corrected chi connectivity index (χ3v) is 5.66. The molecule has 150 valence electrons. The number of anilines is 1. The van der Waals surface area contributed by atoms with Crippen LogP contribution in [0.15, 0.2) is 53.0 Å². The Morgan fingerprint density at radius 3 is 2.45 bits per heavy atom. The van der Waals surface area contributed by atoms with Gasteiger partial charge in [-0.15, -0.1) is 10.2 Å². The molecule has 0 radical (unpaired) electrons. The molecule has 0 saturated carbocycles. The van der Waals surface area contributed by atoms with Gasteiger partial charge in [-0.2, -0.15) is 0 Å². The summed E-state index contributed by atoms with van der Waals surface area (Å²) in [4.78, 5) is 25.3. The Morgan fingerprint density at radius 1 is 1.07 bits per heavy atom. The molecule has 0 aliphatic carbocycles. The Morgan fingerprint density at radius 2 is 1.79 bits per heavy atom. The molecule has 2 N–H and O–H groups in total. The molecular weight excluding hydrogens is 452 g/mol. The molecule has 3 rings (SSSR count). The van der Waals surface area contributed by atoms with E-state index in [-0.39, 0.29) is 17.7 Å². The number of hydrogen-bond acceptors (Lipinski definition) is 5. The van der Waals surface area contributed by atoms with E-state index >= 15 is 0 Å². The van der Waals surface area contributed by atoms with Gasteiger partial charge in [0.05, 0.1) is 0 Å². The molecule has 0 fully saturated rings. The van der Waals surface area contributed by atoms with E-state index < -0.39 is 6.04 Å². The van der Waals surface area contributed by atoms with Gasteiger partial charge in [-0.1, -0.05) is 77.0 Å². The molecule has 1 heterocycles. The van der Waals surface area contributed by atoms with E-state index in [0.717, 1.165) is 20.6 Å². The molecule has 1 unspecified atom stereocenters. The number of carbonyl (C=O) groups is 2. The van der Waals surface area contributed by atoms with Gasteiger partial charge < -0.3 is 5.32 Å². The number of aryl methyl sites for hydroxylation is 1. The van der Waals surface area contributed by atoms with Crippen LogP contribution in [0, 0.1) is 12.8 Å². The monoisotopic (exact) mass is 472 g/mol. The fourth-order valence-electron chi connectivity index (χ4n) is 2.66. The quantitative estimate of drug-likeness (QED) is 0.545. The minimum absolute atomic E-state index is 0.101. The zero-order valence-electron chi connectivity index (χ0n) is 16.3. The van der Waals surface area contributed by atoms with E-state index in [1.54, 1.807) is 18.2 Å². The lowest BCUT2D eigenvalue weighted by atomic mass is 10.0. The van der Waals surface area contributed by atoms with Gasteiger partial charge in [0.2, 0.25) is 11.0 Å². The summed E-state index contributed by atoms with van der Waals surface area (Å²) in [5, 5.41) is 14.9. The first-order valence-electron chi connectivity index (χ1n) is 9.11. The van der Waals surface area contributed by atoms with Crippen LogP contribution < -0.4 is 10.6 Å². The molecule has 8 heteroatoms. The lowest BCUT2D eigenvalue weighted by Gasteiger charge is -2.21. The highest BCUT2D eigenvalue weighted by Gasteiger charge is 2.26. The van der Waals surface area contributed by atoms with Crippen molar-refractivity contribution in [2.75, 3.05) is 5.32 Å². The molecule has 6 nitrogen and oxygen atoms in total. The Bertz CT molecular complexity index is 1020. The van der Waals surface area contributed by atoms with Crippen molar-refractivity contribution in [3.05, 3.63) is 64.1 Å². The van der Waals surface area contributed by atoms with E-state index in [1.165, 1.54) is 11.3 Å². The molecule has 1 atom stereocenters. The maximum absolute atomic E-state index is 12.8. The number of benzene rings is 2. The smallest absolute Gasteiger partial charge is 0.251 e. The molecule has 2 aromatic carbocycles. The number of halogens is 1. The maximum atomic E-state index is 12.8. The van der Waals surface area contributed by atoms with Crippen LogP contribution in [-0.2, 0) is 4.79 Å². The van der Waals surface area contributed by atoms with Crippen LogP contribution in [0.2, 0.25) is 0 Å². The number of nitrogens with one attached hydrogen (secondary N) is 2. The molecular formula is C21H21BrN4O2S. The standard InChI is InChI=1S/C21H21BrN4O2S/c1-12(2)17(23-18(27)15-5-4-6-16(22)11-15)19(28)24-21-26-25-20(29-21)14-9-7-13(3)8-10-14/h4-12,17H,1-3H3,(H,23,27)(H,24,26,28). The summed E-state index contributed by atoms with van der Waals surface area (Å²) in [5.74, 6) is -0.733. The van der Waals surface area contributed by atoms with E-state index in [9.17, 15) is 9.59 Å². The minimum atomic E-state index is -0.701. The minimum Gasteiger partial charge on any atom is -0.340 e. The maximum Gasteiger partial charge on any atom is 0.251 e. The molecule has 0 saturated heterocycles. The van der Waals surface area contributed by atoms with E-state index in [0.29, 0.717) is 10.7 Å². The number of aromatic nitrogens is 2. The third kappa shape index (κ3) is 5.48. The molecule has 0 aliphatic rings. The lowest BCUT2D eigenvalue weighted by Crippen LogP contribution is -2.47. The summed E-state index contributed by atoms with van der Waals surface area (Å²) < 4.78 is 0.799. The second-order valence-electron chi connectivity index (χ2n) is 6.97. The van der Waals surface area contributed by atoms with Crippen LogP contribution >= 0.6 is 27.3 Å². The van der Waals surface area contributed by atoms with Gasteiger partial charge in [0.25, 0.3) is 5.91 Å². The van der Waals surface area contributed by atoms with Crippen molar-refractivity contribution >= 4 is 44.2 Å². The van der Waals surface area contributed by atoms with Crippen LogP contribution in [-0.4, -0.2) is 28.1 Å². The van der Waals surface area contributed by atoms with Crippen LogP contribution in [0.4, 0.5) is 5.13 Å². The van der Waals surface area contributed by atoms with Crippen molar-refractivity contribution in [3.63, 3.8) is 0 Å². The zero-order chi connectivity index (χ0) is 21.0. The molecule has 3 aromatic rings. The van der Waals surface area contributed by atoms with E-state index in [4.69, 9.17) is 0 Å². The van der Waals surface area contributed by atoms with Gasteiger partial charge in [0, 0.05) is 15.6 Å². The first-order chi connectivity index (χ1) is 13.8. The highest BCUT2D eigenvalue weighted by atomic mass is 79.9. The second-order valence-corrected chi connectivity index (χ2v) is 8.87. The van der Waals surface area contributed by atoms with Crippen molar-refractivity contribution in [1.82, 2.24) is 15.5 Å². The average Bonchev–Trinajstić information content (AvgIpc) is 3.14. The molecule has 2 amide bonds. The van der Waals surface area contributed by atoms with Gasteiger partial charge in [0.15, 0.2) is 0 Å². The normalized spacial score (nSPS) is 11.9. The highest BCUT2D eigenvalue weighted by Crippen LogP contribution is 2.26. The van der Waals surface area contributed by atoms with E-state index in [1.807, 2.05) is 51.1 Å². The van der Waals surface area contributed by atoms with Crippen molar-refractivity contribution in [2.24, 2.45) is 5.92 Å². The zero-order valence-corrected chi connectivity index (χ0v) is 18.7. The second kappa shape index (κ2) is 9.28.